The van der Waals surface area contributed by atoms with Gasteiger partial charge in [-0.3, -0.25) is 0 Å². The van der Waals surface area contributed by atoms with E-state index >= 15 is 0 Å². The highest BCUT2D eigenvalue weighted by Gasteiger charge is 2.27. The van der Waals surface area contributed by atoms with Gasteiger partial charge in [-0.15, -0.1) is 0 Å². The van der Waals surface area contributed by atoms with Crippen LogP contribution < -0.4 is 22.8 Å². The van der Waals surface area contributed by atoms with Gasteiger partial charge in [-0.1, -0.05) is 60.7 Å². The van der Waals surface area contributed by atoms with Crippen molar-refractivity contribution in [1.29, 1.82) is 0 Å². The van der Waals surface area contributed by atoms with E-state index in [1.807, 2.05) is 174 Å². The maximum absolute atomic E-state index is 13.7. The maximum Gasteiger partial charge on any atom is 0.216 e. The number of rotatable bonds is 5. The molecule has 0 saturated carbocycles. The van der Waals surface area contributed by atoms with Gasteiger partial charge in [0.05, 0.1) is 30.6 Å². The van der Waals surface area contributed by atoms with E-state index in [2.05, 4.69) is 55.7 Å². The number of benzene rings is 10. The van der Waals surface area contributed by atoms with Crippen molar-refractivity contribution in [1.82, 2.24) is 0 Å². The van der Waals surface area contributed by atoms with Gasteiger partial charge >= 0.3 is 0 Å². The second kappa shape index (κ2) is 30.3. The van der Waals surface area contributed by atoms with E-state index < -0.39 is 25.3 Å². The Hall–Kier alpha value is -13.4. The Morgan fingerprint density at radius 3 is 0.939 bits per heavy atom. The van der Waals surface area contributed by atoms with Crippen molar-refractivity contribution >= 4 is 110 Å². The summed E-state index contributed by atoms with van der Waals surface area (Å²) < 4.78 is 170. The SMILES string of the molecule is Cc1cc[n+](C)c(-c2c(C)ccc3c2oc2cc(F)ccc23)c1.[2H]C([2H])([2H])c1c[n+](C)c(-c2c(C)ccc3c2oc2cc(F)ccc23)cc1C.[2H]C([2H])([2H])c1ccc(-c2c(C)ccc3c2oc2cc(F)ccc23)[n+](C)c1.[2H]c1c(F)ccc2c1oc1c(-c3cc(C)cc[n+]3C)c(C)ccc12.[2H]c1c(F)ccc2c1oc1c(-c3cccc[n+]3C)c(C)ccc12. The Balaban J connectivity index is 0.000000114. The molecule has 0 fully saturated rings. The number of pyridine rings is 5. The number of fused-ring (bicyclic) bond motifs is 15. The molecule has 0 saturated heterocycles. The van der Waals surface area contributed by atoms with Crippen LogP contribution >= 0.6 is 0 Å². The van der Waals surface area contributed by atoms with Gasteiger partial charge in [-0.25, -0.2) is 44.8 Å². The first-order valence-corrected chi connectivity index (χ1v) is 37.5. The van der Waals surface area contributed by atoms with Gasteiger partial charge in [0.1, 0.15) is 120 Å². The minimum atomic E-state index is -2.17. The molecule has 20 aromatic rings. The number of nitrogens with zero attached hydrogens (tertiary/aromatic N) is 5. The molecular formula is C100H85F5N5O5+5. The summed E-state index contributed by atoms with van der Waals surface area (Å²) in [5, 5.41) is 8.82. The van der Waals surface area contributed by atoms with Gasteiger partial charge < -0.3 is 22.1 Å². The molecule has 10 heterocycles. The van der Waals surface area contributed by atoms with E-state index in [0.29, 0.717) is 61.4 Å². The number of hydrogen-bond acceptors (Lipinski definition) is 5. The first-order valence-electron chi connectivity index (χ1n) is 41.5. The normalized spacial score (nSPS) is 12.7. The highest BCUT2D eigenvalue weighted by Crippen LogP contribution is 2.43. The molecule has 0 amide bonds. The van der Waals surface area contributed by atoms with Crippen LogP contribution in [0.2, 0.25) is 0 Å². The standard InChI is InChI=1S/C21H19FNO.3C20H17FNO.C19H15FNO/c1-12-5-7-17-16-8-6-15(22)10-19(16)24-21(17)20(12)18-9-13(2)14(3)11-23(18)4;1-12-4-9-17(22(3)11-12)19-13(2)5-7-16-15-8-6-14(21)10-18(15)23-20(16)19;2*1-12-8-9-22(3)17(10-12)19-13(2)4-6-16-15-7-5-14(21)11-18(15)23-20(16)19;1-12-6-8-15-14-9-7-13(20)11-17(14)22-19(15)18(12)16-5-3-4-10-21(16)2/h5-11H,1-4H3;3*4-11H,1-3H3;3-11H,1-2H3/q5*+1/i3D3;1D3;11D;;11D. The topological polar surface area (TPSA) is 85.1 Å². The smallest absolute Gasteiger partial charge is 0.216 e. The molecule has 0 aliphatic heterocycles. The molecule has 0 spiro atoms. The molecule has 0 aliphatic rings. The van der Waals surface area contributed by atoms with Crippen LogP contribution in [0.3, 0.4) is 0 Å². The lowest BCUT2D eigenvalue weighted by Crippen LogP contribution is -2.31. The second-order valence-electron chi connectivity index (χ2n) is 29.6. The Labute approximate surface area is 672 Å². The van der Waals surface area contributed by atoms with Crippen molar-refractivity contribution in [3.8, 4) is 56.3 Å². The van der Waals surface area contributed by atoms with Gasteiger partial charge in [-0.05, 0) is 186 Å². The number of furan rings is 5. The molecule has 0 radical (unpaired) electrons. The molecule has 0 N–H and O–H groups in total. The van der Waals surface area contributed by atoms with Crippen LogP contribution in [0.5, 0.6) is 0 Å². The number of aromatic nitrogens is 5. The zero-order valence-corrected chi connectivity index (χ0v) is 65.6. The highest BCUT2D eigenvalue weighted by atomic mass is 19.1. The lowest BCUT2D eigenvalue weighted by molar-refractivity contribution is -0.660. The highest BCUT2D eigenvalue weighted by molar-refractivity contribution is 6.14. The van der Waals surface area contributed by atoms with Crippen molar-refractivity contribution in [3.05, 3.63) is 328 Å². The molecule has 0 aliphatic carbocycles. The van der Waals surface area contributed by atoms with E-state index in [0.717, 1.165) is 149 Å². The minimum Gasteiger partial charge on any atom is -0.455 e. The first-order chi connectivity index (χ1) is 58.5. The lowest BCUT2D eigenvalue weighted by Gasteiger charge is -2.07. The van der Waals surface area contributed by atoms with E-state index in [1.54, 1.807) is 66.3 Å². The fraction of sp³-hybridized carbons (Fsp3) is 0.150. The average molecular weight is 1540 g/mol. The van der Waals surface area contributed by atoms with E-state index in [-0.39, 0.29) is 35.1 Å². The molecule has 0 unspecified atom stereocenters. The van der Waals surface area contributed by atoms with Crippen LogP contribution in [0.4, 0.5) is 22.0 Å². The van der Waals surface area contributed by atoms with Crippen LogP contribution in [-0.4, -0.2) is 0 Å². The Morgan fingerprint density at radius 2 is 0.574 bits per heavy atom. The number of halogens is 5. The summed E-state index contributed by atoms with van der Waals surface area (Å²) in [5.41, 5.74) is 24.2. The molecule has 570 valence electrons. The predicted molar refractivity (Wildman–Crippen MR) is 449 cm³/mol. The fourth-order valence-corrected chi connectivity index (χ4v) is 15.5. The quantitative estimate of drug-likeness (QED) is 0.127. The number of hydrogen-bond donors (Lipinski definition) is 0. The molecule has 10 aromatic carbocycles. The third-order valence-corrected chi connectivity index (χ3v) is 21.5. The van der Waals surface area contributed by atoms with Crippen molar-refractivity contribution in [2.45, 2.75) is 69.1 Å². The van der Waals surface area contributed by atoms with Crippen LogP contribution in [-0.2, 0) is 35.2 Å². The summed E-state index contributed by atoms with van der Waals surface area (Å²) in [6.45, 7) is 11.7. The summed E-state index contributed by atoms with van der Waals surface area (Å²) >= 11 is 0. The van der Waals surface area contributed by atoms with Gasteiger partial charge in [0.25, 0.3) is 0 Å². The van der Waals surface area contributed by atoms with Crippen LogP contribution in [0.25, 0.3) is 166 Å². The molecule has 20 rings (SSSR count). The molecule has 0 atom stereocenters. The molecule has 0 bridgehead atoms. The van der Waals surface area contributed by atoms with E-state index in [9.17, 15) is 22.0 Å². The third kappa shape index (κ3) is 14.2. The fourth-order valence-electron chi connectivity index (χ4n) is 15.5. The second-order valence-corrected chi connectivity index (χ2v) is 29.6. The predicted octanol–water partition coefficient (Wildman–Crippen LogP) is 24.2. The van der Waals surface area contributed by atoms with Crippen molar-refractivity contribution in [2.24, 2.45) is 35.2 Å². The zero-order chi connectivity index (χ0) is 87.4. The van der Waals surface area contributed by atoms with Gasteiger partial charge in [-0.2, -0.15) is 0 Å². The average Bonchev–Trinajstić information content (AvgIpc) is 1.13. The van der Waals surface area contributed by atoms with Crippen molar-refractivity contribution < 1.29 is 77.8 Å². The van der Waals surface area contributed by atoms with Crippen LogP contribution in [0, 0.1) is 98.2 Å². The Morgan fingerprint density at radius 1 is 0.252 bits per heavy atom. The largest absolute Gasteiger partial charge is 0.455 e. The van der Waals surface area contributed by atoms with Crippen molar-refractivity contribution in [3.63, 3.8) is 0 Å². The summed E-state index contributed by atoms with van der Waals surface area (Å²) in [4.78, 5) is 0. The van der Waals surface area contributed by atoms with Gasteiger partial charge in [0.2, 0.25) is 28.5 Å². The molecular weight excluding hydrogens is 1450 g/mol. The van der Waals surface area contributed by atoms with Crippen LogP contribution in [0.1, 0.15) is 66.6 Å². The van der Waals surface area contributed by atoms with E-state index in [4.69, 9.17) is 33.1 Å². The summed E-state index contributed by atoms with van der Waals surface area (Å²) in [5.74, 6) is -2.11. The van der Waals surface area contributed by atoms with Crippen LogP contribution in [0.15, 0.2) is 265 Å². The lowest BCUT2D eigenvalue weighted by atomic mass is 9.99. The maximum atomic E-state index is 13.7. The molecule has 10 nitrogen and oxygen atoms in total. The Bertz CT molecular complexity index is 7710. The van der Waals surface area contributed by atoms with Gasteiger partial charge in [0, 0.05) is 152 Å². The monoisotopic (exact) mass is 1540 g/mol. The van der Waals surface area contributed by atoms with Crippen molar-refractivity contribution in [2.75, 3.05) is 0 Å². The summed E-state index contributed by atoms with van der Waals surface area (Å²) in [6.07, 6.45) is 9.31. The first kappa shape index (κ1) is 66.2. The molecule has 115 heavy (non-hydrogen) atoms. The molecule has 10 aromatic heterocycles. The third-order valence-electron chi connectivity index (χ3n) is 21.5. The minimum absolute atomic E-state index is 0.194. The summed E-state index contributed by atoms with van der Waals surface area (Å²) in [6, 6.07) is 59.1. The van der Waals surface area contributed by atoms with E-state index in [1.165, 1.54) is 54.1 Å². The van der Waals surface area contributed by atoms with Gasteiger partial charge in [0.15, 0.2) is 31.0 Å². The summed E-state index contributed by atoms with van der Waals surface area (Å²) in [7, 11) is 9.63. The molecule has 15 heteroatoms. The zero-order valence-electron chi connectivity index (χ0n) is 73.6. The number of aryl methyl sites for hydroxylation is 15. The Kier molecular flexibility index (Phi) is 17.4.